The summed E-state index contributed by atoms with van der Waals surface area (Å²) < 4.78 is 5.58. The molecule has 0 saturated carbocycles. The summed E-state index contributed by atoms with van der Waals surface area (Å²) in [6.45, 7) is 3.26. The van der Waals surface area contributed by atoms with E-state index in [1.165, 1.54) is 0 Å². The Morgan fingerprint density at radius 2 is 2.05 bits per heavy atom. The fraction of sp³-hybridized carbons (Fsp3) is 0.500. The van der Waals surface area contributed by atoms with Gasteiger partial charge in [0.05, 0.1) is 18.4 Å². The number of benzene rings is 1. The van der Waals surface area contributed by atoms with Crippen LogP contribution in [-0.4, -0.2) is 41.6 Å². The van der Waals surface area contributed by atoms with Crippen LogP contribution in [0, 0.1) is 11.8 Å². The molecule has 5 heteroatoms. The van der Waals surface area contributed by atoms with Crippen molar-refractivity contribution < 1.29 is 19.4 Å². The molecule has 0 aromatic heterocycles. The van der Waals surface area contributed by atoms with E-state index in [0.29, 0.717) is 26.1 Å². The lowest BCUT2D eigenvalue weighted by atomic mass is 9.92. The largest absolute Gasteiger partial charge is 0.493 e. The first kappa shape index (κ1) is 13.9. The van der Waals surface area contributed by atoms with Gasteiger partial charge in [-0.3, -0.25) is 9.59 Å². The Balaban J connectivity index is 1.80. The molecular weight excluding hydrogens is 270 g/mol. The summed E-state index contributed by atoms with van der Waals surface area (Å²) in [5.74, 6) is -0.684. The van der Waals surface area contributed by atoms with Gasteiger partial charge in [0.25, 0.3) is 0 Å². The maximum absolute atomic E-state index is 12.8. The number of carbonyl (C=O) groups is 2. The van der Waals surface area contributed by atoms with Gasteiger partial charge in [-0.25, -0.2) is 0 Å². The summed E-state index contributed by atoms with van der Waals surface area (Å²) in [7, 11) is 0. The maximum atomic E-state index is 12.8. The normalized spacial score (nSPS) is 27.9. The second kappa shape index (κ2) is 5.39. The number of para-hydroxylation sites is 1. The molecule has 3 unspecified atom stereocenters. The standard InChI is InChI=1S/C16H19NO4/c1-10-8-17(9-13(10)16(19)20)15(18)12-6-7-21-14-5-3-2-4-11(12)14/h2-5,10,12-13H,6-9H2,1H3,(H,19,20). The van der Waals surface area contributed by atoms with Crippen molar-refractivity contribution in [1.82, 2.24) is 4.90 Å². The Bertz CT molecular complexity index is 571. The van der Waals surface area contributed by atoms with Crippen LogP contribution in [0.4, 0.5) is 0 Å². The van der Waals surface area contributed by atoms with E-state index < -0.39 is 11.9 Å². The molecule has 21 heavy (non-hydrogen) atoms. The van der Waals surface area contributed by atoms with Crippen LogP contribution < -0.4 is 4.74 Å². The number of carbonyl (C=O) groups excluding carboxylic acids is 1. The van der Waals surface area contributed by atoms with E-state index in [4.69, 9.17) is 4.74 Å². The summed E-state index contributed by atoms with van der Waals surface area (Å²) in [4.78, 5) is 25.7. The molecule has 0 aliphatic carbocycles. The third-order valence-corrected chi connectivity index (χ3v) is 4.50. The van der Waals surface area contributed by atoms with Gasteiger partial charge in [-0.05, 0) is 18.4 Å². The van der Waals surface area contributed by atoms with Gasteiger partial charge in [0.15, 0.2) is 0 Å². The van der Waals surface area contributed by atoms with Crippen molar-refractivity contribution in [2.75, 3.05) is 19.7 Å². The Labute approximate surface area is 123 Å². The topological polar surface area (TPSA) is 66.8 Å². The Morgan fingerprint density at radius 1 is 1.29 bits per heavy atom. The molecule has 2 aliphatic rings. The molecule has 0 bridgehead atoms. The smallest absolute Gasteiger partial charge is 0.308 e. The Morgan fingerprint density at radius 3 is 2.76 bits per heavy atom. The van der Waals surface area contributed by atoms with E-state index in [1.54, 1.807) is 4.90 Å². The number of hydrogen-bond acceptors (Lipinski definition) is 3. The van der Waals surface area contributed by atoms with Gasteiger partial charge < -0.3 is 14.7 Å². The highest BCUT2D eigenvalue weighted by atomic mass is 16.5. The average Bonchev–Trinajstić information content (AvgIpc) is 2.88. The van der Waals surface area contributed by atoms with E-state index in [0.717, 1.165) is 11.3 Å². The molecule has 1 aromatic rings. The Hall–Kier alpha value is -2.04. The monoisotopic (exact) mass is 289 g/mol. The predicted octanol–water partition coefficient (Wildman–Crippen LogP) is 1.73. The van der Waals surface area contributed by atoms with Crippen molar-refractivity contribution in [3.63, 3.8) is 0 Å². The number of likely N-dealkylation sites (tertiary alicyclic amines) is 1. The lowest BCUT2D eigenvalue weighted by Crippen LogP contribution is -2.36. The van der Waals surface area contributed by atoms with Gasteiger partial charge >= 0.3 is 5.97 Å². The minimum absolute atomic E-state index is 0.00142. The van der Waals surface area contributed by atoms with Crippen molar-refractivity contribution in [1.29, 1.82) is 0 Å². The van der Waals surface area contributed by atoms with Gasteiger partial charge in [0.1, 0.15) is 5.75 Å². The van der Waals surface area contributed by atoms with Crippen LogP contribution in [0.5, 0.6) is 5.75 Å². The quantitative estimate of drug-likeness (QED) is 0.900. The number of carboxylic acid groups (broad SMARTS) is 1. The first-order chi connectivity index (χ1) is 10.1. The molecule has 112 valence electrons. The highest BCUT2D eigenvalue weighted by Gasteiger charge is 2.40. The zero-order valence-electron chi connectivity index (χ0n) is 12.0. The van der Waals surface area contributed by atoms with Gasteiger partial charge in [0.2, 0.25) is 5.91 Å². The number of nitrogens with zero attached hydrogens (tertiary/aromatic N) is 1. The molecule has 1 amide bonds. The number of rotatable bonds is 2. The predicted molar refractivity (Wildman–Crippen MR) is 76.2 cm³/mol. The van der Waals surface area contributed by atoms with Crippen molar-refractivity contribution in [2.24, 2.45) is 11.8 Å². The van der Waals surface area contributed by atoms with Crippen LogP contribution in [0.3, 0.4) is 0 Å². The zero-order chi connectivity index (χ0) is 15.0. The van der Waals surface area contributed by atoms with E-state index >= 15 is 0 Å². The first-order valence-electron chi connectivity index (χ1n) is 7.31. The van der Waals surface area contributed by atoms with Crippen LogP contribution in [0.2, 0.25) is 0 Å². The van der Waals surface area contributed by atoms with Crippen LogP contribution in [0.25, 0.3) is 0 Å². The van der Waals surface area contributed by atoms with Gasteiger partial charge in [-0.15, -0.1) is 0 Å². The highest BCUT2D eigenvalue weighted by molar-refractivity contribution is 5.86. The van der Waals surface area contributed by atoms with Crippen molar-refractivity contribution in [3.8, 4) is 5.75 Å². The summed E-state index contributed by atoms with van der Waals surface area (Å²) in [6.07, 6.45) is 0.651. The molecule has 3 atom stereocenters. The van der Waals surface area contributed by atoms with Gasteiger partial charge in [0, 0.05) is 18.7 Å². The molecule has 3 rings (SSSR count). The molecule has 0 spiro atoms. The average molecular weight is 289 g/mol. The minimum atomic E-state index is -0.815. The van der Waals surface area contributed by atoms with Gasteiger partial charge in [-0.1, -0.05) is 25.1 Å². The molecule has 2 heterocycles. The second-order valence-corrected chi connectivity index (χ2v) is 5.89. The van der Waals surface area contributed by atoms with Crippen molar-refractivity contribution >= 4 is 11.9 Å². The van der Waals surface area contributed by atoms with E-state index in [-0.39, 0.29) is 17.7 Å². The van der Waals surface area contributed by atoms with E-state index in [9.17, 15) is 14.7 Å². The van der Waals surface area contributed by atoms with E-state index in [2.05, 4.69) is 0 Å². The number of hydrogen-bond donors (Lipinski definition) is 1. The SMILES string of the molecule is CC1CN(C(=O)C2CCOc3ccccc32)CC1C(=O)O. The van der Waals surface area contributed by atoms with E-state index in [1.807, 2.05) is 31.2 Å². The van der Waals surface area contributed by atoms with Crippen LogP contribution >= 0.6 is 0 Å². The summed E-state index contributed by atoms with van der Waals surface area (Å²) in [5, 5.41) is 9.19. The number of carboxylic acids is 1. The lowest BCUT2D eigenvalue weighted by Gasteiger charge is -2.28. The third-order valence-electron chi connectivity index (χ3n) is 4.50. The van der Waals surface area contributed by atoms with Crippen LogP contribution in [0.1, 0.15) is 24.8 Å². The molecule has 0 radical (unpaired) electrons. The number of amides is 1. The number of fused-ring (bicyclic) bond motifs is 1. The molecule has 1 N–H and O–H groups in total. The number of ether oxygens (including phenoxy) is 1. The highest BCUT2D eigenvalue weighted by Crippen LogP contribution is 2.36. The van der Waals surface area contributed by atoms with Crippen molar-refractivity contribution in [2.45, 2.75) is 19.3 Å². The molecule has 1 fully saturated rings. The number of aliphatic carboxylic acids is 1. The van der Waals surface area contributed by atoms with Crippen LogP contribution in [-0.2, 0) is 9.59 Å². The fourth-order valence-electron chi connectivity index (χ4n) is 3.29. The zero-order valence-corrected chi connectivity index (χ0v) is 12.0. The molecular formula is C16H19NO4. The maximum Gasteiger partial charge on any atom is 0.308 e. The minimum Gasteiger partial charge on any atom is -0.493 e. The molecule has 1 saturated heterocycles. The molecule has 1 aromatic carbocycles. The summed E-state index contributed by atoms with van der Waals surface area (Å²) in [5.41, 5.74) is 0.917. The second-order valence-electron chi connectivity index (χ2n) is 5.89. The molecule has 2 aliphatic heterocycles. The summed E-state index contributed by atoms with van der Waals surface area (Å²) in [6, 6.07) is 7.59. The van der Waals surface area contributed by atoms with Crippen LogP contribution in [0.15, 0.2) is 24.3 Å². The fourth-order valence-corrected chi connectivity index (χ4v) is 3.29. The summed E-state index contributed by atoms with van der Waals surface area (Å²) >= 11 is 0. The first-order valence-corrected chi connectivity index (χ1v) is 7.31. The lowest BCUT2D eigenvalue weighted by molar-refractivity contribution is -0.142. The van der Waals surface area contributed by atoms with Crippen molar-refractivity contribution in [3.05, 3.63) is 29.8 Å². The van der Waals surface area contributed by atoms with Gasteiger partial charge in [-0.2, -0.15) is 0 Å². The molecule has 5 nitrogen and oxygen atoms in total. The third kappa shape index (κ3) is 2.48. The Kier molecular flexibility index (Phi) is 3.57.